The Morgan fingerprint density at radius 2 is 1.49 bits per heavy atom. The highest BCUT2D eigenvalue weighted by atomic mass is 16.5. The van der Waals surface area contributed by atoms with Gasteiger partial charge in [0.15, 0.2) is 5.69 Å². The van der Waals surface area contributed by atoms with Gasteiger partial charge in [-0.05, 0) is 53.8 Å². The largest absolute Gasteiger partial charge is 0.457 e. The molecule has 0 radical (unpaired) electrons. The molecule has 0 unspecified atom stereocenters. The molecule has 0 aliphatic rings. The second-order valence-electron chi connectivity index (χ2n) is 8.78. The number of aromatic nitrogens is 4. The molecule has 0 saturated carbocycles. The van der Waals surface area contributed by atoms with Crippen LogP contribution < -0.4 is 4.74 Å². The van der Waals surface area contributed by atoms with E-state index in [0.29, 0.717) is 29.8 Å². The van der Waals surface area contributed by atoms with Gasteiger partial charge in [-0.15, -0.1) is 20.4 Å². The van der Waals surface area contributed by atoms with E-state index < -0.39 is 0 Å². The summed E-state index contributed by atoms with van der Waals surface area (Å²) in [4.78, 5) is 0. The second kappa shape index (κ2) is 10.3. The van der Waals surface area contributed by atoms with Crippen molar-refractivity contribution < 1.29 is 9.15 Å². The Morgan fingerprint density at radius 1 is 0.771 bits per heavy atom. The molecule has 5 rings (SSSR count). The van der Waals surface area contributed by atoms with Crippen LogP contribution in [0.2, 0.25) is 0 Å². The fourth-order valence-electron chi connectivity index (χ4n) is 3.91. The highest BCUT2D eigenvalue weighted by Crippen LogP contribution is 2.34. The molecule has 0 amide bonds. The molecule has 0 bridgehead atoms. The lowest BCUT2D eigenvalue weighted by Crippen LogP contribution is -2.03. The Kier molecular flexibility index (Phi) is 6.61. The minimum Gasteiger partial charge on any atom is -0.457 e. The summed E-state index contributed by atoms with van der Waals surface area (Å²) in [6.45, 7) is 4.34. The summed E-state index contributed by atoms with van der Waals surface area (Å²) >= 11 is 0. The molecule has 6 nitrogen and oxygen atoms in total. The monoisotopic (exact) mass is 462 g/mol. The molecule has 0 atom stereocenters. The van der Waals surface area contributed by atoms with Gasteiger partial charge in [-0.25, -0.2) is 0 Å². The smallest absolute Gasteiger partial charge is 0.268 e. The number of rotatable bonds is 8. The summed E-state index contributed by atoms with van der Waals surface area (Å²) in [6, 6.07) is 29.7. The quantitative estimate of drug-likeness (QED) is 0.253. The summed E-state index contributed by atoms with van der Waals surface area (Å²) in [7, 11) is 0. The summed E-state index contributed by atoms with van der Waals surface area (Å²) in [5.74, 6) is 2.84. The molecule has 174 valence electrons. The molecule has 0 aliphatic heterocycles. The highest BCUT2D eigenvalue weighted by molar-refractivity contribution is 5.69. The molecule has 6 heteroatoms. The summed E-state index contributed by atoms with van der Waals surface area (Å²) in [6.07, 6.45) is 1.37. The zero-order chi connectivity index (χ0) is 24.0. The lowest BCUT2D eigenvalue weighted by molar-refractivity contribution is 0.484. The average molecular weight is 463 g/mol. The van der Waals surface area contributed by atoms with Gasteiger partial charge in [-0.3, -0.25) is 0 Å². The van der Waals surface area contributed by atoms with E-state index in [2.05, 4.69) is 40.3 Å². The molecule has 2 aromatic heterocycles. The van der Waals surface area contributed by atoms with E-state index in [-0.39, 0.29) is 0 Å². The number of para-hydroxylation sites is 2. The predicted octanol–water partition coefficient (Wildman–Crippen LogP) is 6.78. The first-order chi connectivity index (χ1) is 17.2. The van der Waals surface area contributed by atoms with Crippen molar-refractivity contribution in [2.75, 3.05) is 0 Å². The van der Waals surface area contributed by atoms with Gasteiger partial charge >= 0.3 is 0 Å². The standard InChI is InChI=1S/C29H26N4O2/c1-20(2)17-22-19-25(24-15-9-10-16-26(24)34-23-13-7-4-8-14-23)30-32-28(22)29-33-31-27(35-29)18-21-11-5-3-6-12-21/h3-16,19-20H,17-18H2,1-2H3. The third-order valence-corrected chi connectivity index (χ3v) is 5.50. The lowest BCUT2D eigenvalue weighted by atomic mass is 9.99. The van der Waals surface area contributed by atoms with Crippen molar-refractivity contribution in [2.24, 2.45) is 5.92 Å². The van der Waals surface area contributed by atoms with Crippen LogP contribution in [0, 0.1) is 5.92 Å². The molecule has 2 heterocycles. The maximum atomic E-state index is 6.15. The van der Waals surface area contributed by atoms with Crippen LogP contribution in [0.25, 0.3) is 22.8 Å². The van der Waals surface area contributed by atoms with Crippen LogP contribution in [0.4, 0.5) is 0 Å². The summed E-state index contributed by atoms with van der Waals surface area (Å²) in [5, 5.41) is 17.6. The Bertz CT molecular complexity index is 1400. The second-order valence-corrected chi connectivity index (χ2v) is 8.78. The van der Waals surface area contributed by atoms with Crippen molar-refractivity contribution in [1.82, 2.24) is 20.4 Å². The van der Waals surface area contributed by atoms with Crippen LogP contribution in [0.1, 0.15) is 30.9 Å². The van der Waals surface area contributed by atoms with Crippen molar-refractivity contribution in [3.8, 4) is 34.3 Å². The van der Waals surface area contributed by atoms with E-state index in [1.807, 2.05) is 84.9 Å². The van der Waals surface area contributed by atoms with Crippen LogP contribution >= 0.6 is 0 Å². The van der Waals surface area contributed by atoms with E-state index in [4.69, 9.17) is 9.15 Å². The van der Waals surface area contributed by atoms with E-state index >= 15 is 0 Å². The molecule has 3 aromatic carbocycles. The SMILES string of the molecule is CC(C)Cc1cc(-c2ccccc2Oc2ccccc2)nnc1-c1nnc(Cc2ccccc2)o1. The normalized spacial score (nSPS) is 11.1. The third kappa shape index (κ3) is 5.44. The fraction of sp³-hybridized carbons (Fsp3) is 0.172. The van der Waals surface area contributed by atoms with Crippen LogP contribution in [0.3, 0.4) is 0 Å². The number of hydrogen-bond donors (Lipinski definition) is 0. The molecule has 0 aliphatic carbocycles. The number of nitrogens with zero attached hydrogens (tertiary/aromatic N) is 4. The average Bonchev–Trinajstić information content (AvgIpc) is 3.33. The van der Waals surface area contributed by atoms with Crippen molar-refractivity contribution >= 4 is 0 Å². The number of hydrogen-bond acceptors (Lipinski definition) is 6. The highest BCUT2D eigenvalue weighted by Gasteiger charge is 2.19. The molecular formula is C29H26N4O2. The molecule has 0 spiro atoms. The number of benzene rings is 3. The molecule has 0 fully saturated rings. The van der Waals surface area contributed by atoms with Gasteiger partial charge in [0.2, 0.25) is 5.89 Å². The van der Waals surface area contributed by atoms with E-state index in [9.17, 15) is 0 Å². The fourth-order valence-corrected chi connectivity index (χ4v) is 3.91. The van der Waals surface area contributed by atoms with Gasteiger partial charge in [-0.1, -0.05) is 74.5 Å². The van der Waals surface area contributed by atoms with Crippen molar-refractivity contribution in [3.05, 3.63) is 108 Å². The van der Waals surface area contributed by atoms with Gasteiger partial charge < -0.3 is 9.15 Å². The maximum Gasteiger partial charge on any atom is 0.268 e. The van der Waals surface area contributed by atoms with Gasteiger partial charge in [-0.2, -0.15) is 0 Å². The van der Waals surface area contributed by atoms with Gasteiger partial charge in [0.25, 0.3) is 5.89 Å². The van der Waals surface area contributed by atoms with Crippen molar-refractivity contribution in [3.63, 3.8) is 0 Å². The topological polar surface area (TPSA) is 73.9 Å². The van der Waals surface area contributed by atoms with Crippen molar-refractivity contribution in [1.29, 1.82) is 0 Å². The first-order valence-electron chi connectivity index (χ1n) is 11.7. The molecule has 5 aromatic rings. The Labute approximate surface area is 204 Å². The summed E-state index contributed by atoms with van der Waals surface area (Å²) < 4.78 is 12.1. The first kappa shape index (κ1) is 22.5. The Balaban J connectivity index is 1.48. The van der Waals surface area contributed by atoms with Crippen LogP contribution in [0.5, 0.6) is 11.5 Å². The number of ether oxygens (including phenoxy) is 1. The Hall–Kier alpha value is -4.32. The minimum absolute atomic E-state index is 0.388. The molecule has 35 heavy (non-hydrogen) atoms. The van der Waals surface area contributed by atoms with Gasteiger partial charge in [0.1, 0.15) is 11.5 Å². The van der Waals surface area contributed by atoms with Crippen LogP contribution in [0.15, 0.2) is 95.4 Å². The lowest BCUT2D eigenvalue weighted by Gasteiger charge is -2.13. The zero-order valence-corrected chi connectivity index (χ0v) is 19.8. The van der Waals surface area contributed by atoms with Gasteiger partial charge in [0.05, 0.1) is 12.1 Å². The molecular weight excluding hydrogens is 436 g/mol. The maximum absolute atomic E-state index is 6.15. The third-order valence-electron chi connectivity index (χ3n) is 5.50. The van der Waals surface area contributed by atoms with Gasteiger partial charge in [0, 0.05) is 5.56 Å². The zero-order valence-electron chi connectivity index (χ0n) is 19.8. The van der Waals surface area contributed by atoms with Crippen molar-refractivity contribution in [2.45, 2.75) is 26.7 Å². The van der Waals surface area contributed by atoms with E-state index in [1.165, 1.54) is 0 Å². The predicted molar refractivity (Wildman–Crippen MR) is 135 cm³/mol. The van der Waals surface area contributed by atoms with E-state index in [0.717, 1.165) is 40.3 Å². The summed E-state index contributed by atoms with van der Waals surface area (Å²) in [5.41, 5.74) is 4.35. The molecule has 0 saturated heterocycles. The molecule has 0 N–H and O–H groups in total. The van der Waals surface area contributed by atoms with Crippen LogP contribution in [-0.4, -0.2) is 20.4 Å². The van der Waals surface area contributed by atoms with E-state index in [1.54, 1.807) is 0 Å². The minimum atomic E-state index is 0.388. The first-order valence-corrected chi connectivity index (χ1v) is 11.7. The Morgan fingerprint density at radius 3 is 2.26 bits per heavy atom. The van der Waals surface area contributed by atoms with Crippen LogP contribution in [-0.2, 0) is 12.8 Å².